The van der Waals surface area contributed by atoms with Crippen molar-refractivity contribution >= 4 is 23.5 Å². The van der Waals surface area contributed by atoms with Gasteiger partial charge in [-0.2, -0.15) is 0 Å². The van der Waals surface area contributed by atoms with E-state index in [1.807, 2.05) is 11.8 Å². The van der Waals surface area contributed by atoms with Crippen LogP contribution in [0.4, 0.5) is 0 Å². The van der Waals surface area contributed by atoms with E-state index in [4.69, 9.17) is 17.3 Å². The van der Waals surface area contributed by atoms with Crippen molar-refractivity contribution in [1.82, 2.24) is 4.90 Å². The second-order valence-electron chi connectivity index (χ2n) is 5.39. The Bertz CT molecular complexity index is 576. The number of aliphatic carboxylic acids is 1. The number of nitrogens with two attached hydrogens (primary N) is 1. The standard InChI is InChI=1S/C15H19ClN2O3/c1-2-15(14(20)21)6-3-7-18(15)9-11-5-4-10(13(17)19)8-12(11)16/h4-5,8H,2-3,6-7,9H2,1H3,(H2,17,19)(H,20,21). The number of carbonyl (C=O) groups is 2. The van der Waals surface area contributed by atoms with Crippen molar-refractivity contribution in [3.8, 4) is 0 Å². The zero-order chi connectivity index (χ0) is 15.6. The van der Waals surface area contributed by atoms with Gasteiger partial charge in [-0.25, -0.2) is 0 Å². The summed E-state index contributed by atoms with van der Waals surface area (Å²) in [5, 5.41) is 10.0. The number of hydrogen-bond donors (Lipinski definition) is 2. The first-order valence-electron chi connectivity index (χ1n) is 6.97. The van der Waals surface area contributed by atoms with Gasteiger partial charge >= 0.3 is 5.97 Å². The van der Waals surface area contributed by atoms with Crippen LogP contribution in [0.2, 0.25) is 5.02 Å². The predicted octanol–water partition coefficient (Wildman–Crippen LogP) is 2.27. The summed E-state index contributed by atoms with van der Waals surface area (Å²) in [6, 6.07) is 4.89. The molecule has 0 aliphatic carbocycles. The Labute approximate surface area is 128 Å². The van der Waals surface area contributed by atoms with E-state index in [0.29, 0.717) is 30.0 Å². The van der Waals surface area contributed by atoms with Crippen LogP contribution in [0.15, 0.2) is 18.2 Å². The SMILES string of the molecule is CCC1(C(=O)O)CCCN1Cc1ccc(C(N)=O)cc1Cl. The molecular formula is C15H19ClN2O3. The van der Waals surface area contributed by atoms with Crippen LogP contribution in [-0.4, -0.2) is 34.0 Å². The van der Waals surface area contributed by atoms with E-state index < -0.39 is 17.4 Å². The summed E-state index contributed by atoms with van der Waals surface area (Å²) in [6.45, 7) is 3.08. The van der Waals surface area contributed by atoms with E-state index in [0.717, 1.165) is 18.5 Å². The molecule has 2 rings (SSSR count). The number of carboxylic acid groups (broad SMARTS) is 1. The van der Waals surface area contributed by atoms with Crippen molar-refractivity contribution in [1.29, 1.82) is 0 Å². The summed E-state index contributed by atoms with van der Waals surface area (Å²) in [6.07, 6.45) is 2.06. The summed E-state index contributed by atoms with van der Waals surface area (Å²) >= 11 is 6.19. The molecule has 1 amide bonds. The van der Waals surface area contributed by atoms with Crippen molar-refractivity contribution in [2.45, 2.75) is 38.3 Å². The molecule has 3 N–H and O–H groups in total. The number of likely N-dealkylation sites (tertiary alicyclic amines) is 1. The third-order valence-electron chi connectivity index (χ3n) is 4.31. The molecule has 0 saturated carbocycles. The Morgan fingerprint density at radius 1 is 1.48 bits per heavy atom. The molecule has 1 atom stereocenters. The van der Waals surface area contributed by atoms with E-state index in [1.165, 1.54) is 6.07 Å². The molecule has 21 heavy (non-hydrogen) atoms. The molecule has 1 aliphatic heterocycles. The van der Waals surface area contributed by atoms with Crippen molar-refractivity contribution in [3.05, 3.63) is 34.3 Å². The fourth-order valence-electron chi connectivity index (χ4n) is 2.99. The van der Waals surface area contributed by atoms with Gasteiger partial charge in [0.2, 0.25) is 5.91 Å². The van der Waals surface area contributed by atoms with Crippen LogP contribution in [0.5, 0.6) is 0 Å². The average Bonchev–Trinajstić information content (AvgIpc) is 2.84. The number of primary amides is 1. The molecular weight excluding hydrogens is 292 g/mol. The van der Waals surface area contributed by atoms with E-state index in [-0.39, 0.29) is 0 Å². The number of halogens is 1. The van der Waals surface area contributed by atoms with Gasteiger partial charge in [0.05, 0.1) is 0 Å². The van der Waals surface area contributed by atoms with Gasteiger partial charge in [-0.05, 0) is 43.5 Å². The summed E-state index contributed by atoms with van der Waals surface area (Å²) in [5.41, 5.74) is 5.56. The molecule has 0 radical (unpaired) electrons. The molecule has 1 aromatic rings. The normalized spacial score (nSPS) is 22.4. The van der Waals surface area contributed by atoms with Crippen molar-refractivity contribution < 1.29 is 14.7 Å². The molecule has 0 aromatic heterocycles. The first-order chi connectivity index (χ1) is 9.90. The fourth-order valence-corrected chi connectivity index (χ4v) is 3.23. The number of nitrogens with zero attached hydrogens (tertiary/aromatic N) is 1. The fraction of sp³-hybridized carbons (Fsp3) is 0.467. The van der Waals surface area contributed by atoms with Crippen LogP contribution in [0.25, 0.3) is 0 Å². The molecule has 1 aliphatic rings. The van der Waals surface area contributed by atoms with Gasteiger partial charge in [-0.15, -0.1) is 0 Å². The number of rotatable bonds is 5. The highest BCUT2D eigenvalue weighted by molar-refractivity contribution is 6.31. The number of carboxylic acids is 1. The molecule has 5 nitrogen and oxygen atoms in total. The molecule has 6 heteroatoms. The summed E-state index contributed by atoms with van der Waals surface area (Å²) in [5.74, 6) is -1.31. The smallest absolute Gasteiger partial charge is 0.324 e. The Balaban J connectivity index is 2.25. The Kier molecular flexibility index (Phi) is 4.54. The minimum absolute atomic E-state index is 0.352. The highest BCUT2D eigenvalue weighted by Gasteiger charge is 2.46. The minimum Gasteiger partial charge on any atom is -0.480 e. The van der Waals surface area contributed by atoms with Crippen LogP contribution < -0.4 is 5.73 Å². The minimum atomic E-state index is -0.814. The van der Waals surface area contributed by atoms with Crippen molar-refractivity contribution in [2.75, 3.05) is 6.54 Å². The average molecular weight is 311 g/mol. The maximum Gasteiger partial charge on any atom is 0.324 e. The number of carbonyl (C=O) groups excluding carboxylic acids is 1. The van der Waals surface area contributed by atoms with Crippen molar-refractivity contribution in [2.24, 2.45) is 5.73 Å². The van der Waals surface area contributed by atoms with Gasteiger partial charge in [0.1, 0.15) is 5.54 Å². The lowest BCUT2D eigenvalue weighted by Gasteiger charge is -2.34. The summed E-state index contributed by atoms with van der Waals surface area (Å²) < 4.78 is 0. The molecule has 0 spiro atoms. The van der Waals surface area contributed by atoms with E-state index in [2.05, 4.69) is 0 Å². The quantitative estimate of drug-likeness (QED) is 0.874. The van der Waals surface area contributed by atoms with Crippen molar-refractivity contribution in [3.63, 3.8) is 0 Å². The molecule has 1 aromatic carbocycles. The highest BCUT2D eigenvalue weighted by Crippen LogP contribution is 2.35. The van der Waals surface area contributed by atoms with Gasteiger partial charge in [-0.3, -0.25) is 14.5 Å². The third-order valence-corrected chi connectivity index (χ3v) is 4.66. The maximum absolute atomic E-state index is 11.6. The van der Waals surface area contributed by atoms with Crippen LogP contribution in [0.1, 0.15) is 42.1 Å². The monoisotopic (exact) mass is 310 g/mol. The lowest BCUT2D eigenvalue weighted by molar-refractivity contribution is -0.150. The van der Waals surface area contributed by atoms with E-state index in [1.54, 1.807) is 12.1 Å². The van der Waals surface area contributed by atoms with E-state index >= 15 is 0 Å². The topological polar surface area (TPSA) is 83.6 Å². The molecule has 1 saturated heterocycles. The number of hydrogen-bond acceptors (Lipinski definition) is 3. The predicted molar refractivity (Wildman–Crippen MR) is 80.3 cm³/mol. The molecule has 0 bridgehead atoms. The van der Waals surface area contributed by atoms with Crippen LogP contribution >= 0.6 is 11.6 Å². The van der Waals surface area contributed by atoms with Crippen LogP contribution in [0, 0.1) is 0 Å². The van der Waals surface area contributed by atoms with Gasteiger partial charge in [0, 0.05) is 17.1 Å². The summed E-state index contributed by atoms with van der Waals surface area (Å²) in [4.78, 5) is 24.7. The first-order valence-corrected chi connectivity index (χ1v) is 7.35. The molecule has 1 heterocycles. The number of benzene rings is 1. The second kappa shape index (κ2) is 6.03. The zero-order valence-electron chi connectivity index (χ0n) is 11.9. The van der Waals surface area contributed by atoms with Gasteiger partial charge in [-0.1, -0.05) is 24.6 Å². The first kappa shape index (κ1) is 15.8. The Morgan fingerprint density at radius 3 is 2.71 bits per heavy atom. The van der Waals surface area contributed by atoms with Crippen LogP contribution in [-0.2, 0) is 11.3 Å². The van der Waals surface area contributed by atoms with Gasteiger partial charge in [0.15, 0.2) is 0 Å². The molecule has 1 unspecified atom stereocenters. The van der Waals surface area contributed by atoms with Gasteiger partial charge < -0.3 is 10.8 Å². The Hall–Kier alpha value is -1.59. The maximum atomic E-state index is 11.6. The largest absolute Gasteiger partial charge is 0.480 e. The Morgan fingerprint density at radius 2 is 2.19 bits per heavy atom. The number of amides is 1. The zero-order valence-corrected chi connectivity index (χ0v) is 12.7. The highest BCUT2D eigenvalue weighted by atomic mass is 35.5. The molecule has 1 fully saturated rings. The molecule has 114 valence electrons. The van der Waals surface area contributed by atoms with E-state index in [9.17, 15) is 14.7 Å². The second-order valence-corrected chi connectivity index (χ2v) is 5.79. The third kappa shape index (κ3) is 2.89. The lowest BCUT2D eigenvalue weighted by Crippen LogP contribution is -2.49. The van der Waals surface area contributed by atoms with Gasteiger partial charge in [0.25, 0.3) is 0 Å². The van der Waals surface area contributed by atoms with Crippen LogP contribution in [0.3, 0.4) is 0 Å². The summed E-state index contributed by atoms with van der Waals surface area (Å²) in [7, 11) is 0. The lowest BCUT2D eigenvalue weighted by atomic mass is 9.92.